The number of hydrogen-bond acceptors (Lipinski definition) is 6. The Morgan fingerprint density at radius 1 is 0.871 bits per heavy atom. The minimum absolute atomic E-state index is 0.0129. The summed E-state index contributed by atoms with van der Waals surface area (Å²) in [6.07, 6.45) is 0.605. The molecule has 164 valence electrons. The first kappa shape index (κ1) is 23.6. The Balaban J connectivity index is 1.93. The van der Waals surface area contributed by atoms with Gasteiger partial charge in [-0.3, -0.25) is 19.8 Å². The fourth-order valence-electron chi connectivity index (χ4n) is 3.06. The molecule has 0 aliphatic carbocycles. The molecular weight excluding hydrogens is 398 g/mol. The first-order chi connectivity index (χ1) is 14.8. The summed E-state index contributed by atoms with van der Waals surface area (Å²) in [5.41, 5.74) is 8.50. The van der Waals surface area contributed by atoms with E-state index in [4.69, 9.17) is 11.1 Å². The number of carbonyl (C=O) groups excluding carboxylic acids is 3. The highest BCUT2D eigenvalue weighted by Gasteiger charge is 2.19. The van der Waals surface area contributed by atoms with Crippen molar-refractivity contribution in [3.8, 4) is 11.1 Å². The lowest BCUT2D eigenvalue weighted by Gasteiger charge is -2.15. The molecule has 1 amide bonds. The minimum Gasteiger partial charge on any atom is -0.469 e. The van der Waals surface area contributed by atoms with Gasteiger partial charge in [0.25, 0.3) is 5.91 Å². The van der Waals surface area contributed by atoms with Gasteiger partial charge in [-0.1, -0.05) is 36.4 Å². The maximum Gasteiger partial charge on any atom is 0.305 e. The molecule has 0 aromatic heterocycles. The molecular formula is C23H27N3O5. The van der Waals surface area contributed by atoms with Crippen LogP contribution in [0.1, 0.15) is 35.2 Å². The molecule has 31 heavy (non-hydrogen) atoms. The average Bonchev–Trinajstić information content (AvgIpc) is 2.78. The molecule has 0 fully saturated rings. The van der Waals surface area contributed by atoms with Crippen molar-refractivity contribution in [3.05, 3.63) is 59.7 Å². The molecule has 0 bridgehead atoms. The molecule has 0 spiro atoms. The Morgan fingerprint density at radius 3 is 1.74 bits per heavy atom. The second kappa shape index (κ2) is 11.5. The van der Waals surface area contributed by atoms with Gasteiger partial charge in [0.1, 0.15) is 5.84 Å². The van der Waals surface area contributed by atoms with Crippen molar-refractivity contribution in [3.63, 3.8) is 0 Å². The zero-order chi connectivity index (χ0) is 22.8. The first-order valence-electron chi connectivity index (χ1n) is 9.80. The number of amides is 1. The van der Waals surface area contributed by atoms with Crippen LogP contribution in [0.25, 0.3) is 11.1 Å². The summed E-state index contributed by atoms with van der Waals surface area (Å²) >= 11 is 0. The second-order valence-electron chi connectivity index (χ2n) is 7.04. The largest absolute Gasteiger partial charge is 0.469 e. The van der Waals surface area contributed by atoms with Gasteiger partial charge >= 0.3 is 11.9 Å². The zero-order valence-electron chi connectivity index (χ0n) is 17.6. The Kier molecular flexibility index (Phi) is 8.75. The van der Waals surface area contributed by atoms with Crippen LogP contribution in [-0.2, 0) is 19.1 Å². The number of benzene rings is 2. The number of hydrogen-bond donors (Lipinski definition) is 3. The van der Waals surface area contributed by atoms with E-state index < -0.39 is 11.9 Å². The summed E-state index contributed by atoms with van der Waals surface area (Å²) in [5, 5.41) is 10.3. The number of methoxy groups -OCH3 is 2. The van der Waals surface area contributed by atoms with Gasteiger partial charge in [0, 0.05) is 30.5 Å². The molecule has 2 aromatic carbocycles. The number of esters is 2. The summed E-state index contributed by atoms with van der Waals surface area (Å²) in [6, 6.07) is 14.4. The predicted molar refractivity (Wildman–Crippen MR) is 117 cm³/mol. The van der Waals surface area contributed by atoms with Crippen LogP contribution in [0.2, 0.25) is 0 Å². The summed E-state index contributed by atoms with van der Waals surface area (Å²) < 4.78 is 9.33. The molecule has 4 N–H and O–H groups in total. The predicted octanol–water partition coefficient (Wildman–Crippen LogP) is 2.50. The van der Waals surface area contributed by atoms with Crippen molar-refractivity contribution in [2.75, 3.05) is 20.8 Å². The Hall–Kier alpha value is -3.68. The van der Waals surface area contributed by atoms with Crippen molar-refractivity contribution in [1.29, 1.82) is 5.41 Å². The molecule has 2 aromatic rings. The fraction of sp³-hybridized carbons (Fsp3) is 0.304. The van der Waals surface area contributed by atoms with Crippen LogP contribution in [0.15, 0.2) is 48.5 Å². The van der Waals surface area contributed by atoms with E-state index in [9.17, 15) is 14.4 Å². The quantitative estimate of drug-likeness (QED) is 0.304. The molecule has 0 aliphatic heterocycles. The normalized spacial score (nSPS) is 10.4. The third-order valence-corrected chi connectivity index (χ3v) is 4.88. The number of nitrogens with one attached hydrogen (secondary N) is 2. The van der Waals surface area contributed by atoms with E-state index in [1.807, 2.05) is 24.3 Å². The van der Waals surface area contributed by atoms with Crippen LogP contribution in [0.5, 0.6) is 0 Å². The SMILES string of the molecule is COC(=O)CC(CCNC(=O)c1ccc(-c2ccc(C(=N)N)cc2)cc1)CC(=O)OC. The van der Waals surface area contributed by atoms with Crippen LogP contribution in [0.3, 0.4) is 0 Å². The number of rotatable bonds is 10. The lowest BCUT2D eigenvalue weighted by Crippen LogP contribution is -2.27. The van der Waals surface area contributed by atoms with Gasteiger partial charge in [0.15, 0.2) is 0 Å². The molecule has 2 rings (SSSR count). The second-order valence-corrected chi connectivity index (χ2v) is 7.04. The van der Waals surface area contributed by atoms with E-state index in [0.717, 1.165) is 11.1 Å². The molecule has 0 unspecified atom stereocenters. The topological polar surface area (TPSA) is 132 Å². The first-order valence-corrected chi connectivity index (χ1v) is 9.80. The molecule has 0 saturated heterocycles. The van der Waals surface area contributed by atoms with E-state index >= 15 is 0 Å². The molecule has 8 nitrogen and oxygen atoms in total. The van der Waals surface area contributed by atoms with Crippen molar-refractivity contribution < 1.29 is 23.9 Å². The van der Waals surface area contributed by atoms with E-state index in [1.165, 1.54) is 14.2 Å². The Morgan fingerprint density at radius 2 is 1.32 bits per heavy atom. The molecule has 0 radical (unpaired) electrons. The van der Waals surface area contributed by atoms with E-state index in [1.54, 1.807) is 24.3 Å². The zero-order valence-corrected chi connectivity index (χ0v) is 17.6. The molecule has 8 heteroatoms. The van der Waals surface area contributed by atoms with Crippen LogP contribution >= 0.6 is 0 Å². The maximum absolute atomic E-state index is 12.4. The van der Waals surface area contributed by atoms with Gasteiger partial charge in [-0.2, -0.15) is 0 Å². The number of carbonyl (C=O) groups is 3. The molecule has 0 saturated carbocycles. The lowest BCUT2D eigenvalue weighted by atomic mass is 9.97. The van der Waals surface area contributed by atoms with Crippen LogP contribution in [0, 0.1) is 11.3 Å². The van der Waals surface area contributed by atoms with Crippen molar-refractivity contribution in [1.82, 2.24) is 5.32 Å². The number of nitrogens with two attached hydrogens (primary N) is 1. The Bertz CT molecular complexity index is 905. The highest BCUT2D eigenvalue weighted by Crippen LogP contribution is 2.20. The minimum atomic E-state index is -0.410. The van der Waals surface area contributed by atoms with Crippen LogP contribution < -0.4 is 11.1 Å². The van der Waals surface area contributed by atoms with Crippen LogP contribution in [0.4, 0.5) is 0 Å². The van der Waals surface area contributed by atoms with Gasteiger partial charge < -0.3 is 20.5 Å². The fourth-order valence-corrected chi connectivity index (χ4v) is 3.06. The molecule has 0 aliphatic rings. The number of ether oxygens (including phenoxy) is 2. The van der Waals surface area contributed by atoms with Crippen molar-refractivity contribution in [2.45, 2.75) is 19.3 Å². The highest BCUT2D eigenvalue weighted by atomic mass is 16.5. The number of nitrogen functional groups attached to an aromatic ring is 1. The van der Waals surface area contributed by atoms with Crippen molar-refractivity contribution in [2.24, 2.45) is 11.7 Å². The highest BCUT2D eigenvalue weighted by molar-refractivity contribution is 5.96. The molecule has 0 atom stereocenters. The summed E-state index contributed by atoms with van der Waals surface area (Å²) in [6.45, 7) is 0.311. The van der Waals surface area contributed by atoms with E-state index in [-0.39, 0.29) is 30.5 Å². The molecule has 0 heterocycles. The van der Waals surface area contributed by atoms with Crippen LogP contribution in [-0.4, -0.2) is 44.4 Å². The monoisotopic (exact) mass is 425 g/mol. The van der Waals surface area contributed by atoms with Gasteiger partial charge in [-0.25, -0.2) is 0 Å². The standard InChI is InChI=1S/C23H27N3O5/c1-30-20(27)13-15(14-21(28)31-2)11-12-26-23(29)19-9-5-17(6-10-19)16-3-7-18(8-4-16)22(24)25/h3-10,15H,11-14H2,1-2H3,(H3,24,25)(H,26,29). The smallest absolute Gasteiger partial charge is 0.305 e. The average molecular weight is 425 g/mol. The lowest BCUT2D eigenvalue weighted by molar-refractivity contribution is -0.144. The number of amidine groups is 1. The van der Waals surface area contributed by atoms with E-state index in [0.29, 0.717) is 24.1 Å². The summed E-state index contributed by atoms with van der Waals surface area (Å²) in [4.78, 5) is 35.5. The maximum atomic E-state index is 12.4. The summed E-state index contributed by atoms with van der Waals surface area (Å²) in [5.74, 6) is -1.33. The van der Waals surface area contributed by atoms with Gasteiger partial charge in [-0.15, -0.1) is 0 Å². The van der Waals surface area contributed by atoms with Crippen molar-refractivity contribution >= 4 is 23.7 Å². The van der Waals surface area contributed by atoms with E-state index in [2.05, 4.69) is 14.8 Å². The Labute approximate surface area is 181 Å². The third kappa shape index (κ3) is 7.26. The van der Waals surface area contributed by atoms with Gasteiger partial charge in [0.05, 0.1) is 14.2 Å². The third-order valence-electron chi connectivity index (χ3n) is 4.88. The van der Waals surface area contributed by atoms with Gasteiger partial charge in [0.2, 0.25) is 0 Å². The summed E-state index contributed by atoms with van der Waals surface area (Å²) in [7, 11) is 2.58. The van der Waals surface area contributed by atoms with Gasteiger partial charge in [-0.05, 0) is 35.6 Å².